The standard InChI is InChI=1S/C28H29N3O2/c1-19(2)33-22-14-12-21(13-15-22)18-32-17-7-16-31-27-20(3)8-6-9-23(27)26-28(31)30-25-11-5-4-10-24(25)29-26/h4-6,8-15,19H,7,16-18H2,1-3H3. The maximum Gasteiger partial charge on any atom is 0.160 e. The van der Waals surface area contributed by atoms with Crippen LogP contribution in [0.1, 0.15) is 31.4 Å². The summed E-state index contributed by atoms with van der Waals surface area (Å²) in [6, 6.07) is 22.6. The van der Waals surface area contributed by atoms with Crippen molar-refractivity contribution in [2.45, 2.75) is 46.4 Å². The van der Waals surface area contributed by atoms with Crippen LogP contribution in [0.3, 0.4) is 0 Å². The molecule has 0 bridgehead atoms. The van der Waals surface area contributed by atoms with E-state index in [-0.39, 0.29) is 6.10 Å². The quantitative estimate of drug-likeness (QED) is 0.261. The molecule has 5 nitrogen and oxygen atoms in total. The van der Waals surface area contributed by atoms with Gasteiger partial charge in [0, 0.05) is 18.5 Å². The van der Waals surface area contributed by atoms with Gasteiger partial charge in [0.05, 0.1) is 29.3 Å². The highest BCUT2D eigenvalue weighted by atomic mass is 16.5. The van der Waals surface area contributed by atoms with Gasteiger partial charge in [0.15, 0.2) is 5.65 Å². The fourth-order valence-corrected chi connectivity index (χ4v) is 4.34. The van der Waals surface area contributed by atoms with Gasteiger partial charge in [0.1, 0.15) is 11.3 Å². The van der Waals surface area contributed by atoms with Gasteiger partial charge in [0.25, 0.3) is 0 Å². The molecule has 0 saturated carbocycles. The second-order valence-electron chi connectivity index (χ2n) is 8.72. The topological polar surface area (TPSA) is 49.2 Å². The van der Waals surface area contributed by atoms with Crippen LogP contribution in [-0.2, 0) is 17.9 Å². The van der Waals surface area contributed by atoms with Crippen LogP contribution >= 0.6 is 0 Å². The Hall–Kier alpha value is -3.44. The lowest BCUT2D eigenvalue weighted by Crippen LogP contribution is -2.06. The monoisotopic (exact) mass is 439 g/mol. The first-order valence-electron chi connectivity index (χ1n) is 11.6. The second kappa shape index (κ2) is 9.20. The lowest BCUT2D eigenvalue weighted by Gasteiger charge is -2.11. The molecule has 5 heteroatoms. The summed E-state index contributed by atoms with van der Waals surface area (Å²) < 4.78 is 14.0. The Morgan fingerprint density at radius 1 is 0.879 bits per heavy atom. The SMILES string of the molecule is Cc1cccc2c3nc4ccccc4nc3n(CCCOCc3ccc(OC(C)C)cc3)c12. The molecule has 0 unspecified atom stereocenters. The maximum absolute atomic E-state index is 5.97. The van der Waals surface area contributed by atoms with Crippen molar-refractivity contribution in [3.8, 4) is 5.75 Å². The Morgan fingerprint density at radius 2 is 1.64 bits per heavy atom. The number of nitrogens with zero attached hydrogens (tertiary/aromatic N) is 3. The van der Waals surface area contributed by atoms with E-state index in [4.69, 9.17) is 19.4 Å². The summed E-state index contributed by atoms with van der Waals surface area (Å²) in [4.78, 5) is 9.93. The molecule has 0 radical (unpaired) electrons. The molecule has 0 atom stereocenters. The van der Waals surface area contributed by atoms with Gasteiger partial charge in [-0.05, 0) is 62.6 Å². The van der Waals surface area contributed by atoms with Crippen LogP contribution in [-0.4, -0.2) is 27.2 Å². The number of ether oxygens (including phenoxy) is 2. The third-order valence-electron chi connectivity index (χ3n) is 5.80. The Kier molecular flexibility index (Phi) is 5.97. The molecule has 3 aromatic carbocycles. The molecule has 0 aliphatic carbocycles. The molecule has 33 heavy (non-hydrogen) atoms. The smallest absolute Gasteiger partial charge is 0.160 e. The minimum absolute atomic E-state index is 0.180. The highest BCUT2D eigenvalue weighted by molar-refractivity contribution is 6.07. The van der Waals surface area contributed by atoms with Gasteiger partial charge in [-0.25, -0.2) is 9.97 Å². The minimum Gasteiger partial charge on any atom is -0.491 e. The highest BCUT2D eigenvalue weighted by Crippen LogP contribution is 2.30. The third kappa shape index (κ3) is 4.41. The molecule has 0 N–H and O–H groups in total. The fraction of sp³-hybridized carbons (Fsp3) is 0.286. The van der Waals surface area contributed by atoms with Crippen molar-refractivity contribution in [2.24, 2.45) is 0 Å². The Labute approximate surface area is 194 Å². The lowest BCUT2D eigenvalue weighted by atomic mass is 10.1. The first kappa shape index (κ1) is 21.4. The van der Waals surface area contributed by atoms with Crippen LogP contribution < -0.4 is 4.74 Å². The van der Waals surface area contributed by atoms with Crippen LogP contribution in [0.5, 0.6) is 5.75 Å². The van der Waals surface area contributed by atoms with Gasteiger partial charge in [-0.3, -0.25) is 0 Å². The van der Waals surface area contributed by atoms with Crippen molar-refractivity contribution in [1.29, 1.82) is 0 Å². The van der Waals surface area contributed by atoms with Crippen molar-refractivity contribution >= 4 is 33.1 Å². The number of aryl methyl sites for hydroxylation is 2. The zero-order chi connectivity index (χ0) is 22.8. The molecule has 0 saturated heterocycles. The molecule has 0 aliphatic rings. The summed E-state index contributed by atoms with van der Waals surface area (Å²) in [6.45, 7) is 8.32. The highest BCUT2D eigenvalue weighted by Gasteiger charge is 2.15. The Morgan fingerprint density at radius 3 is 2.39 bits per heavy atom. The average molecular weight is 440 g/mol. The van der Waals surface area contributed by atoms with E-state index in [9.17, 15) is 0 Å². The van der Waals surface area contributed by atoms with Crippen LogP contribution in [0.25, 0.3) is 33.1 Å². The number of benzene rings is 3. The van der Waals surface area contributed by atoms with E-state index in [1.807, 2.05) is 50.2 Å². The number of hydrogen-bond donors (Lipinski definition) is 0. The fourth-order valence-electron chi connectivity index (χ4n) is 4.34. The molecule has 2 heterocycles. The molecule has 5 rings (SSSR count). The summed E-state index contributed by atoms with van der Waals surface area (Å²) in [7, 11) is 0. The zero-order valence-electron chi connectivity index (χ0n) is 19.4. The molecule has 0 aliphatic heterocycles. The Bertz CT molecular complexity index is 1400. The maximum atomic E-state index is 5.97. The van der Waals surface area contributed by atoms with Crippen molar-refractivity contribution in [2.75, 3.05) is 6.61 Å². The van der Waals surface area contributed by atoms with Gasteiger partial charge >= 0.3 is 0 Å². The van der Waals surface area contributed by atoms with E-state index in [0.29, 0.717) is 13.2 Å². The van der Waals surface area contributed by atoms with Crippen LogP contribution in [0.15, 0.2) is 66.7 Å². The summed E-state index contributed by atoms with van der Waals surface area (Å²) in [5, 5.41) is 1.16. The van der Waals surface area contributed by atoms with Gasteiger partial charge in [-0.15, -0.1) is 0 Å². The van der Waals surface area contributed by atoms with Crippen LogP contribution in [0.4, 0.5) is 0 Å². The molecule has 5 aromatic rings. The molecular formula is C28H29N3O2. The van der Waals surface area contributed by atoms with Crippen molar-refractivity contribution < 1.29 is 9.47 Å². The van der Waals surface area contributed by atoms with E-state index in [1.165, 1.54) is 11.1 Å². The largest absolute Gasteiger partial charge is 0.491 e. The summed E-state index contributed by atoms with van der Waals surface area (Å²) in [6.07, 6.45) is 1.08. The Balaban J connectivity index is 1.31. The summed E-state index contributed by atoms with van der Waals surface area (Å²) in [5.74, 6) is 0.893. The molecule has 168 valence electrons. The molecule has 0 amide bonds. The van der Waals surface area contributed by atoms with Crippen molar-refractivity contribution in [3.63, 3.8) is 0 Å². The lowest BCUT2D eigenvalue weighted by molar-refractivity contribution is 0.116. The predicted octanol–water partition coefficient (Wildman–Crippen LogP) is 6.44. The molecule has 0 fully saturated rings. The van der Waals surface area contributed by atoms with Crippen LogP contribution in [0.2, 0.25) is 0 Å². The number of fused-ring (bicyclic) bond motifs is 4. The minimum atomic E-state index is 0.180. The number of rotatable bonds is 8. The zero-order valence-corrected chi connectivity index (χ0v) is 19.4. The third-order valence-corrected chi connectivity index (χ3v) is 5.80. The van der Waals surface area contributed by atoms with Crippen molar-refractivity contribution in [1.82, 2.24) is 14.5 Å². The van der Waals surface area contributed by atoms with E-state index < -0.39 is 0 Å². The van der Waals surface area contributed by atoms with Gasteiger partial charge in [-0.2, -0.15) is 0 Å². The molecular weight excluding hydrogens is 410 g/mol. The number of aromatic nitrogens is 3. The first-order chi connectivity index (χ1) is 16.1. The van der Waals surface area contributed by atoms with Gasteiger partial charge in [0.2, 0.25) is 0 Å². The van der Waals surface area contributed by atoms with Gasteiger partial charge in [-0.1, -0.05) is 42.5 Å². The number of para-hydroxylation sites is 3. The van der Waals surface area contributed by atoms with E-state index in [1.54, 1.807) is 0 Å². The normalized spacial score (nSPS) is 11.8. The summed E-state index contributed by atoms with van der Waals surface area (Å²) in [5.41, 5.74) is 7.36. The van der Waals surface area contributed by atoms with Gasteiger partial charge < -0.3 is 14.0 Å². The predicted molar refractivity (Wildman–Crippen MR) is 134 cm³/mol. The summed E-state index contributed by atoms with van der Waals surface area (Å²) >= 11 is 0. The first-order valence-corrected chi connectivity index (χ1v) is 11.6. The van der Waals surface area contributed by atoms with E-state index >= 15 is 0 Å². The average Bonchev–Trinajstić information content (AvgIpc) is 3.12. The van der Waals surface area contributed by atoms with Crippen molar-refractivity contribution in [3.05, 3.63) is 77.9 Å². The molecule has 0 spiro atoms. The van der Waals surface area contributed by atoms with E-state index in [2.05, 4.69) is 41.8 Å². The second-order valence-corrected chi connectivity index (χ2v) is 8.72. The van der Waals surface area contributed by atoms with Crippen LogP contribution in [0, 0.1) is 6.92 Å². The van der Waals surface area contributed by atoms with E-state index in [0.717, 1.165) is 51.9 Å². The molecule has 2 aromatic heterocycles. The number of hydrogen-bond acceptors (Lipinski definition) is 4.